The maximum atomic E-state index is 12.5. The molecule has 0 radical (unpaired) electrons. The second-order valence-corrected chi connectivity index (χ2v) is 5.53. The van der Waals surface area contributed by atoms with E-state index in [-0.39, 0.29) is 0 Å². The predicted octanol–water partition coefficient (Wildman–Crippen LogP) is 5.17. The van der Waals surface area contributed by atoms with Crippen molar-refractivity contribution < 1.29 is 23.1 Å². The number of carbonyl (C=O) groups is 1. The average Bonchev–Trinajstić information content (AvgIpc) is 2.47. The van der Waals surface area contributed by atoms with E-state index in [9.17, 15) is 18.0 Å². The Labute approximate surface area is 138 Å². The maximum absolute atomic E-state index is 12.5. The monoisotopic (exact) mass is 388 g/mol. The maximum Gasteiger partial charge on any atom is 0.416 e. The van der Waals surface area contributed by atoms with Crippen LogP contribution in [0.5, 0.6) is 0 Å². The lowest BCUT2D eigenvalue weighted by Gasteiger charge is -2.11. The third-order valence-electron chi connectivity index (χ3n) is 2.99. The van der Waals surface area contributed by atoms with Crippen molar-refractivity contribution in [2.45, 2.75) is 12.7 Å². The minimum absolute atomic E-state index is 0.344. The normalized spacial score (nSPS) is 11.1. The first kappa shape index (κ1) is 17.1. The molecule has 0 aliphatic heterocycles. The number of amides is 1. The van der Waals surface area contributed by atoms with Gasteiger partial charge in [-0.1, -0.05) is 12.1 Å². The Hall–Kier alpha value is -2.22. The van der Waals surface area contributed by atoms with Gasteiger partial charge in [-0.25, -0.2) is 4.79 Å². The Balaban J connectivity index is 2.01. The molecular weight excluding hydrogens is 377 g/mol. The van der Waals surface area contributed by atoms with E-state index in [1.165, 1.54) is 12.1 Å². The van der Waals surface area contributed by atoms with Crippen LogP contribution in [0, 0.1) is 0 Å². The molecule has 0 bridgehead atoms. The number of hydrogen-bond donors (Lipinski definition) is 3. The van der Waals surface area contributed by atoms with Gasteiger partial charge in [0.2, 0.25) is 0 Å². The van der Waals surface area contributed by atoms with Gasteiger partial charge in [0, 0.05) is 16.7 Å². The molecule has 4 nitrogen and oxygen atoms in total. The zero-order chi connectivity index (χ0) is 17.0. The molecule has 0 heterocycles. The van der Waals surface area contributed by atoms with E-state index in [4.69, 9.17) is 5.11 Å². The fourth-order valence-electron chi connectivity index (χ4n) is 1.86. The van der Waals surface area contributed by atoms with Gasteiger partial charge in [0.15, 0.2) is 0 Å². The summed E-state index contributed by atoms with van der Waals surface area (Å²) in [6.07, 6.45) is -5.51. The van der Waals surface area contributed by atoms with E-state index in [0.29, 0.717) is 28.0 Å². The number of hydrogen-bond acceptors (Lipinski definition) is 2. The summed E-state index contributed by atoms with van der Waals surface area (Å²) in [6, 6.07) is 9.80. The highest BCUT2D eigenvalue weighted by molar-refractivity contribution is 9.10. The highest BCUT2D eigenvalue weighted by Crippen LogP contribution is 2.29. The lowest BCUT2D eigenvalue weighted by Crippen LogP contribution is -2.08. The number of carboxylic acid groups (broad SMARTS) is 1. The molecule has 0 saturated heterocycles. The van der Waals surface area contributed by atoms with Crippen molar-refractivity contribution in [1.29, 1.82) is 0 Å². The molecule has 2 aromatic rings. The zero-order valence-corrected chi connectivity index (χ0v) is 13.2. The van der Waals surface area contributed by atoms with Gasteiger partial charge in [-0.3, -0.25) is 5.32 Å². The van der Waals surface area contributed by atoms with Crippen LogP contribution in [0.4, 0.5) is 29.3 Å². The number of nitrogens with one attached hydrogen (secondary N) is 2. The van der Waals surface area contributed by atoms with E-state index in [0.717, 1.165) is 12.1 Å². The quantitative estimate of drug-likeness (QED) is 0.676. The molecule has 8 heteroatoms. The van der Waals surface area contributed by atoms with E-state index >= 15 is 0 Å². The molecule has 2 aromatic carbocycles. The SMILES string of the molecule is O=C(O)Nc1ccc(NCc2ccc(C(F)(F)F)cc2)cc1Br. The summed E-state index contributed by atoms with van der Waals surface area (Å²) >= 11 is 3.24. The van der Waals surface area contributed by atoms with Crippen molar-refractivity contribution >= 4 is 33.4 Å². The first-order valence-electron chi connectivity index (χ1n) is 6.45. The molecule has 1 amide bonds. The number of anilines is 2. The van der Waals surface area contributed by atoms with Gasteiger partial charge in [0.1, 0.15) is 0 Å². The van der Waals surface area contributed by atoms with Gasteiger partial charge in [0.25, 0.3) is 0 Å². The zero-order valence-electron chi connectivity index (χ0n) is 11.6. The standard InChI is InChI=1S/C15H12BrF3N2O2/c16-12-7-11(5-6-13(12)21-14(22)23)20-8-9-1-3-10(4-2-9)15(17,18)19/h1-7,20-21H,8H2,(H,22,23). The first-order chi connectivity index (χ1) is 10.8. The van der Waals surface area contributed by atoms with Gasteiger partial charge >= 0.3 is 12.3 Å². The van der Waals surface area contributed by atoms with Gasteiger partial charge in [-0.05, 0) is 51.8 Å². The van der Waals surface area contributed by atoms with Crippen LogP contribution in [0.1, 0.15) is 11.1 Å². The number of alkyl halides is 3. The van der Waals surface area contributed by atoms with Crippen LogP contribution in [0.25, 0.3) is 0 Å². The molecule has 23 heavy (non-hydrogen) atoms. The minimum atomic E-state index is -4.34. The first-order valence-corrected chi connectivity index (χ1v) is 7.24. The van der Waals surface area contributed by atoms with E-state index in [2.05, 4.69) is 26.6 Å². The van der Waals surface area contributed by atoms with Crippen LogP contribution >= 0.6 is 15.9 Å². The molecule has 0 aliphatic rings. The van der Waals surface area contributed by atoms with Crippen molar-refractivity contribution in [3.8, 4) is 0 Å². The van der Waals surface area contributed by atoms with Crippen molar-refractivity contribution in [3.05, 3.63) is 58.1 Å². The van der Waals surface area contributed by atoms with Crippen LogP contribution in [0.3, 0.4) is 0 Å². The Morgan fingerprint density at radius 1 is 1.13 bits per heavy atom. The largest absolute Gasteiger partial charge is 0.465 e. The molecule has 0 fully saturated rings. The van der Waals surface area contributed by atoms with Crippen molar-refractivity contribution in [1.82, 2.24) is 0 Å². The fourth-order valence-corrected chi connectivity index (χ4v) is 2.34. The molecule has 0 aliphatic carbocycles. The third-order valence-corrected chi connectivity index (χ3v) is 3.64. The summed E-state index contributed by atoms with van der Waals surface area (Å²) in [7, 11) is 0. The van der Waals surface area contributed by atoms with Crippen LogP contribution in [0.15, 0.2) is 46.9 Å². The Morgan fingerprint density at radius 2 is 1.78 bits per heavy atom. The molecule has 0 spiro atoms. The van der Waals surface area contributed by atoms with Gasteiger partial charge < -0.3 is 10.4 Å². The van der Waals surface area contributed by atoms with Crippen molar-refractivity contribution in [2.75, 3.05) is 10.6 Å². The Morgan fingerprint density at radius 3 is 2.30 bits per heavy atom. The summed E-state index contributed by atoms with van der Waals surface area (Å²) in [5, 5.41) is 13.9. The second kappa shape index (κ2) is 6.91. The molecule has 0 atom stereocenters. The highest BCUT2D eigenvalue weighted by atomic mass is 79.9. The lowest BCUT2D eigenvalue weighted by atomic mass is 10.1. The topological polar surface area (TPSA) is 61.4 Å². The van der Waals surface area contributed by atoms with Gasteiger partial charge in [0.05, 0.1) is 11.3 Å². The van der Waals surface area contributed by atoms with Crippen LogP contribution < -0.4 is 10.6 Å². The number of benzene rings is 2. The van der Waals surface area contributed by atoms with Gasteiger partial charge in [-0.15, -0.1) is 0 Å². The highest BCUT2D eigenvalue weighted by Gasteiger charge is 2.29. The van der Waals surface area contributed by atoms with Crippen LogP contribution in [0.2, 0.25) is 0 Å². The van der Waals surface area contributed by atoms with E-state index in [1.807, 2.05) is 0 Å². The number of rotatable bonds is 4. The van der Waals surface area contributed by atoms with Crippen molar-refractivity contribution in [2.24, 2.45) is 0 Å². The minimum Gasteiger partial charge on any atom is -0.465 e. The Bertz CT molecular complexity index is 703. The van der Waals surface area contributed by atoms with E-state index < -0.39 is 17.8 Å². The van der Waals surface area contributed by atoms with Crippen LogP contribution in [-0.4, -0.2) is 11.2 Å². The summed E-state index contributed by atoms with van der Waals surface area (Å²) in [6.45, 7) is 0.344. The smallest absolute Gasteiger partial charge is 0.416 e. The molecule has 0 saturated carbocycles. The third kappa shape index (κ3) is 4.88. The lowest BCUT2D eigenvalue weighted by molar-refractivity contribution is -0.137. The predicted molar refractivity (Wildman–Crippen MR) is 84.6 cm³/mol. The second-order valence-electron chi connectivity index (χ2n) is 4.67. The summed E-state index contributed by atoms with van der Waals surface area (Å²) < 4.78 is 38.0. The fraction of sp³-hybridized carbons (Fsp3) is 0.133. The molecular formula is C15H12BrF3N2O2. The average molecular weight is 389 g/mol. The summed E-state index contributed by atoms with van der Waals surface area (Å²) in [4.78, 5) is 10.6. The summed E-state index contributed by atoms with van der Waals surface area (Å²) in [5.41, 5.74) is 1.11. The van der Waals surface area contributed by atoms with Crippen LogP contribution in [-0.2, 0) is 12.7 Å². The molecule has 2 rings (SSSR count). The van der Waals surface area contributed by atoms with Crippen molar-refractivity contribution in [3.63, 3.8) is 0 Å². The molecule has 3 N–H and O–H groups in total. The molecule has 0 unspecified atom stereocenters. The van der Waals surface area contributed by atoms with E-state index in [1.54, 1.807) is 18.2 Å². The van der Waals surface area contributed by atoms with Gasteiger partial charge in [-0.2, -0.15) is 13.2 Å². The number of halogens is 4. The molecule has 122 valence electrons. The summed E-state index contributed by atoms with van der Waals surface area (Å²) in [5.74, 6) is 0. The Kier molecular flexibility index (Phi) is 5.15. The molecule has 0 aromatic heterocycles.